The van der Waals surface area contributed by atoms with E-state index in [-0.39, 0.29) is 17.7 Å². The number of aromatic nitrogens is 1. The number of carbonyl (C=O) groups is 2. The fourth-order valence-corrected chi connectivity index (χ4v) is 3.37. The van der Waals surface area contributed by atoms with Gasteiger partial charge in [-0.25, -0.2) is 0 Å². The largest absolute Gasteiger partial charge is 0.361 e. The number of para-hydroxylation sites is 1. The highest BCUT2D eigenvalue weighted by Crippen LogP contribution is 2.19. The molecule has 2 heterocycles. The van der Waals surface area contributed by atoms with Crippen molar-refractivity contribution in [2.24, 2.45) is 11.7 Å². The van der Waals surface area contributed by atoms with Crippen LogP contribution in [0.3, 0.4) is 0 Å². The molecule has 1 aliphatic heterocycles. The third kappa shape index (κ3) is 3.69. The Kier molecular flexibility index (Phi) is 5.08. The van der Waals surface area contributed by atoms with E-state index in [0.717, 1.165) is 16.5 Å². The summed E-state index contributed by atoms with van der Waals surface area (Å²) < 4.78 is 0. The number of piperazine rings is 1. The van der Waals surface area contributed by atoms with Crippen LogP contribution in [-0.2, 0) is 16.0 Å². The van der Waals surface area contributed by atoms with Gasteiger partial charge >= 0.3 is 0 Å². The summed E-state index contributed by atoms with van der Waals surface area (Å²) in [4.78, 5) is 31.5. The summed E-state index contributed by atoms with van der Waals surface area (Å²) in [6.07, 6.45) is 2.44. The first-order valence-electron chi connectivity index (χ1n) is 8.85. The Morgan fingerprint density at radius 2 is 1.68 bits per heavy atom. The number of H-pyrrole nitrogens is 1. The molecule has 0 unspecified atom stereocenters. The lowest BCUT2D eigenvalue weighted by Crippen LogP contribution is -2.55. The molecular weight excluding hydrogens is 316 g/mol. The lowest BCUT2D eigenvalue weighted by atomic mass is 10.0. The normalized spacial score (nSPS) is 16.5. The van der Waals surface area contributed by atoms with Crippen molar-refractivity contribution < 1.29 is 9.59 Å². The maximum absolute atomic E-state index is 12.7. The zero-order valence-electron chi connectivity index (χ0n) is 14.9. The third-order valence-electron chi connectivity index (χ3n) is 4.83. The predicted octanol–water partition coefficient (Wildman–Crippen LogP) is 1.36. The van der Waals surface area contributed by atoms with Gasteiger partial charge in [0.25, 0.3) is 0 Å². The van der Waals surface area contributed by atoms with Crippen molar-refractivity contribution in [1.29, 1.82) is 0 Å². The van der Waals surface area contributed by atoms with Gasteiger partial charge < -0.3 is 20.5 Å². The number of amides is 2. The fourth-order valence-electron chi connectivity index (χ4n) is 3.37. The molecule has 1 aromatic carbocycles. The van der Waals surface area contributed by atoms with Crippen LogP contribution in [0.4, 0.5) is 0 Å². The van der Waals surface area contributed by atoms with E-state index in [2.05, 4.69) is 4.98 Å². The summed E-state index contributed by atoms with van der Waals surface area (Å²) in [6, 6.07) is 7.45. The number of fused-ring (bicyclic) bond motifs is 1. The Balaban J connectivity index is 1.59. The number of nitrogens with zero attached hydrogens (tertiary/aromatic N) is 2. The van der Waals surface area contributed by atoms with Gasteiger partial charge in [0.05, 0.1) is 6.04 Å². The molecule has 2 aromatic rings. The highest BCUT2D eigenvalue weighted by molar-refractivity contribution is 5.86. The second-order valence-corrected chi connectivity index (χ2v) is 6.98. The monoisotopic (exact) mass is 342 g/mol. The molecule has 0 spiro atoms. The lowest BCUT2D eigenvalue weighted by Gasteiger charge is -2.36. The van der Waals surface area contributed by atoms with E-state index < -0.39 is 6.04 Å². The van der Waals surface area contributed by atoms with Crippen LogP contribution in [0.1, 0.15) is 19.4 Å². The number of hydrogen-bond donors (Lipinski definition) is 2. The Hall–Kier alpha value is -2.34. The van der Waals surface area contributed by atoms with Crippen LogP contribution in [0.15, 0.2) is 30.5 Å². The highest BCUT2D eigenvalue weighted by Gasteiger charge is 2.28. The van der Waals surface area contributed by atoms with Crippen LogP contribution in [0, 0.1) is 5.92 Å². The first-order chi connectivity index (χ1) is 12.0. The first kappa shape index (κ1) is 17.5. The van der Waals surface area contributed by atoms with Gasteiger partial charge in [-0.2, -0.15) is 0 Å². The summed E-state index contributed by atoms with van der Waals surface area (Å²) in [5, 5.41) is 1.11. The predicted molar refractivity (Wildman–Crippen MR) is 98.0 cm³/mol. The SMILES string of the molecule is CC(C)C(=O)N1CCN(C(=O)[C@@H](N)Cc2c[nH]c3ccccc23)CC1. The summed E-state index contributed by atoms with van der Waals surface area (Å²) >= 11 is 0. The van der Waals surface area contributed by atoms with Crippen LogP contribution in [0.5, 0.6) is 0 Å². The Labute approximate surface area is 148 Å². The third-order valence-corrected chi connectivity index (χ3v) is 4.83. The van der Waals surface area contributed by atoms with E-state index in [9.17, 15) is 9.59 Å². The van der Waals surface area contributed by atoms with Gasteiger partial charge in [0.2, 0.25) is 11.8 Å². The second-order valence-electron chi connectivity index (χ2n) is 6.98. The number of rotatable bonds is 4. The zero-order valence-corrected chi connectivity index (χ0v) is 14.9. The van der Waals surface area contributed by atoms with Gasteiger partial charge in [-0.05, 0) is 18.1 Å². The number of nitrogens with one attached hydrogen (secondary N) is 1. The Morgan fingerprint density at radius 1 is 1.08 bits per heavy atom. The summed E-state index contributed by atoms with van der Waals surface area (Å²) in [5.74, 6) is 0.100. The van der Waals surface area contributed by atoms with Gasteiger partial charge in [0, 0.05) is 49.2 Å². The molecule has 6 heteroatoms. The molecule has 2 amide bonds. The Morgan fingerprint density at radius 3 is 2.32 bits per heavy atom. The van der Waals surface area contributed by atoms with Gasteiger partial charge in [-0.15, -0.1) is 0 Å². The number of nitrogens with two attached hydrogens (primary N) is 1. The average molecular weight is 342 g/mol. The summed E-state index contributed by atoms with van der Waals surface area (Å²) in [6.45, 7) is 6.08. The molecule has 0 radical (unpaired) electrons. The van der Waals surface area contributed by atoms with E-state index in [1.54, 1.807) is 4.90 Å². The molecule has 1 atom stereocenters. The van der Waals surface area contributed by atoms with Crippen molar-refractivity contribution in [2.45, 2.75) is 26.3 Å². The quantitative estimate of drug-likeness (QED) is 0.880. The number of aromatic amines is 1. The molecule has 0 bridgehead atoms. The highest BCUT2D eigenvalue weighted by atomic mass is 16.2. The molecule has 6 nitrogen and oxygen atoms in total. The van der Waals surface area contributed by atoms with Crippen LogP contribution >= 0.6 is 0 Å². The van der Waals surface area contributed by atoms with Crippen molar-refractivity contribution in [3.8, 4) is 0 Å². The minimum absolute atomic E-state index is 0.00798. The summed E-state index contributed by atoms with van der Waals surface area (Å²) in [5.41, 5.74) is 8.30. The minimum Gasteiger partial charge on any atom is -0.361 e. The molecule has 3 N–H and O–H groups in total. The van der Waals surface area contributed by atoms with Gasteiger partial charge in [0.1, 0.15) is 0 Å². The maximum atomic E-state index is 12.7. The van der Waals surface area contributed by atoms with Crippen molar-refractivity contribution in [2.75, 3.05) is 26.2 Å². The second kappa shape index (κ2) is 7.27. The topological polar surface area (TPSA) is 82.4 Å². The standard InChI is InChI=1S/C19H26N4O2/c1-13(2)18(24)22-7-9-23(10-8-22)19(25)16(20)11-14-12-21-17-6-4-3-5-15(14)17/h3-6,12-13,16,21H,7-11,20H2,1-2H3/t16-/m0/s1. The number of carbonyl (C=O) groups excluding carboxylic acids is 2. The van der Waals surface area contributed by atoms with E-state index in [4.69, 9.17) is 5.73 Å². The number of hydrogen-bond acceptors (Lipinski definition) is 3. The van der Waals surface area contributed by atoms with Gasteiger partial charge in [-0.3, -0.25) is 9.59 Å². The minimum atomic E-state index is -0.563. The number of benzene rings is 1. The van der Waals surface area contributed by atoms with Crippen LogP contribution in [0.2, 0.25) is 0 Å². The van der Waals surface area contributed by atoms with Crippen molar-refractivity contribution in [1.82, 2.24) is 14.8 Å². The smallest absolute Gasteiger partial charge is 0.239 e. The van der Waals surface area contributed by atoms with E-state index in [1.165, 1.54) is 0 Å². The molecule has 3 rings (SSSR count). The van der Waals surface area contributed by atoms with E-state index in [0.29, 0.717) is 32.6 Å². The van der Waals surface area contributed by atoms with Crippen LogP contribution < -0.4 is 5.73 Å². The molecule has 0 saturated carbocycles. The zero-order chi connectivity index (χ0) is 18.0. The molecule has 1 fully saturated rings. The molecule has 1 aromatic heterocycles. The van der Waals surface area contributed by atoms with Crippen molar-refractivity contribution in [3.63, 3.8) is 0 Å². The molecule has 134 valence electrons. The summed E-state index contributed by atoms with van der Waals surface area (Å²) in [7, 11) is 0. The lowest BCUT2D eigenvalue weighted by molar-refractivity contribution is -0.142. The molecule has 1 aliphatic rings. The van der Waals surface area contributed by atoms with Crippen LogP contribution in [0.25, 0.3) is 10.9 Å². The average Bonchev–Trinajstić information content (AvgIpc) is 3.03. The van der Waals surface area contributed by atoms with Gasteiger partial charge in [-0.1, -0.05) is 32.0 Å². The van der Waals surface area contributed by atoms with Crippen LogP contribution in [-0.4, -0.2) is 58.8 Å². The van der Waals surface area contributed by atoms with Gasteiger partial charge in [0.15, 0.2) is 0 Å². The van der Waals surface area contributed by atoms with Crippen molar-refractivity contribution in [3.05, 3.63) is 36.0 Å². The molecule has 25 heavy (non-hydrogen) atoms. The fraction of sp³-hybridized carbons (Fsp3) is 0.474. The van der Waals surface area contributed by atoms with E-state index in [1.807, 2.05) is 49.2 Å². The Bertz CT molecular complexity index is 760. The first-order valence-corrected chi connectivity index (χ1v) is 8.85. The molecular formula is C19H26N4O2. The van der Waals surface area contributed by atoms with E-state index >= 15 is 0 Å². The maximum Gasteiger partial charge on any atom is 0.239 e. The molecule has 0 aliphatic carbocycles. The van der Waals surface area contributed by atoms with Crippen molar-refractivity contribution >= 4 is 22.7 Å². The molecule has 1 saturated heterocycles.